The van der Waals surface area contributed by atoms with E-state index in [2.05, 4.69) is 256 Å². The van der Waals surface area contributed by atoms with Gasteiger partial charge in [-0.3, -0.25) is 79.8 Å². The number of nitrogens with zero attached hydrogens (tertiary/aromatic N) is 5. The van der Waals surface area contributed by atoms with E-state index in [1.54, 1.807) is 0 Å². The Bertz CT molecular complexity index is 1820. The number of rotatable bonds is 5. The first-order chi connectivity index (χ1) is 32.2. The van der Waals surface area contributed by atoms with Crippen molar-refractivity contribution in [1.29, 1.82) is 0 Å². The van der Waals surface area contributed by atoms with Crippen LogP contribution in [0.15, 0.2) is 152 Å². The Hall–Kier alpha value is -5.50. The lowest BCUT2D eigenvalue weighted by atomic mass is 10.2. The molecule has 10 atom stereocenters. The van der Waals surface area contributed by atoms with Gasteiger partial charge >= 0.3 is 0 Å². The third-order valence-electron chi connectivity index (χ3n) is 12.6. The SMILES string of the molecule is c1ccc(N2C3NCNC(N3)N(c3ccccc3)C3NCNC(N3)N(c3ccccc3)C3NCNC(N3)N(c3ccccc3)C3NCNC(N3)N(c3ccccc3)C3NCNC2N3)cc1. The summed E-state index contributed by atoms with van der Waals surface area (Å²) < 4.78 is 0. The molecular formula is C45H60N20. The van der Waals surface area contributed by atoms with E-state index in [9.17, 15) is 0 Å². The highest BCUT2D eigenvalue weighted by Gasteiger charge is 2.43. The van der Waals surface area contributed by atoms with Gasteiger partial charge in [-0.05, 0) is 60.7 Å². The van der Waals surface area contributed by atoms with Crippen LogP contribution in [0.3, 0.4) is 0 Å². The van der Waals surface area contributed by atoms with Gasteiger partial charge in [0, 0.05) is 28.4 Å². The first-order valence-corrected chi connectivity index (χ1v) is 22.6. The summed E-state index contributed by atoms with van der Waals surface area (Å²) in [5, 5.41) is 57.5. The van der Waals surface area contributed by atoms with E-state index in [4.69, 9.17) is 0 Å². The van der Waals surface area contributed by atoms with Crippen molar-refractivity contribution in [3.63, 3.8) is 0 Å². The molecule has 65 heavy (non-hydrogen) atoms. The summed E-state index contributed by atoms with van der Waals surface area (Å²) in [6.07, 6.45) is -3.27. The Morgan fingerprint density at radius 3 is 0.492 bits per heavy atom. The average Bonchev–Trinajstić information content (AvgIpc) is 3.37. The monoisotopic (exact) mass is 881 g/mol. The van der Waals surface area contributed by atoms with Crippen LogP contribution in [0.4, 0.5) is 28.4 Å². The summed E-state index contributed by atoms with van der Waals surface area (Å²) in [6, 6.07) is 52.8. The van der Waals surface area contributed by atoms with Gasteiger partial charge in [0.2, 0.25) is 0 Å². The minimum absolute atomic E-state index is 0.327. The molecule has 6 saturated heterocycles. The van der Waals surface area contributed by atoms with E-state index in [0.717, 1.165) is 28.4 Å². The van der Waals surface area contributed by atoms with Gasteiger partial charge in [-0.15, -0.1) is 0 Å². The summed E-state index contributed by atoms with van der Waals surface area (Å²) >= 11 is 0. The predicted molar refractivity (Wildman–Crippen MR) is 254 cm³/mol. The highest BCUT2D eigenvalue weighted by molar-refractivity contribution is 5.54. The van der Waals surface area contributed by atoms with E-state index in [1.807, 2.05) is 0 Å². The van der Waals surface area contributed by atoms with Crippen molar-refractivity contribution in [3.05, 3.63) is 152 Å². The van der Waals surface area contributed by atoms with Crippen molar-refractivity contribution in [1.82, 2.24) is 79.8 Å². The van der Waals surface area contributed by atoms with Crippen LogP contribution >= 0.6 is 0 Å². The zero-order valence-corrected chi connectivity index (χ0v) is 36.0. The molecule has 0 spiro atoms. The molecule has 340 valence electrons. The van der Waals surface area contributed by atoms with Gasteiger partial charge in [-0.25, -0.2) is 0 Å². The van der Waals surface area contributed by atoms with Gasteiger partial charge in [-0.1, -0.05) is 91.0 Å². The standard InChI is InChI=1S/C45H60N20/c1-6-16-31(17-7-1)61-36-46-26-48-38(56-36)62(32-18-8-2-9-19-32)40-50-28-52-42(58-40)64(34-22-12-4-13-23-34)44-54-30-55-45(60-44)65(35-24-14-5-15-25-35)43-53-29-51-41(59-43)63(33-20-10-3-11-21-33)39-49-27-47-37(61)57-39/h1-25,36-60H,26-30H2. The van der Waals surface area contributed by atoms with Gasteiger partial charge in [0.15, 0.2) is 0 Å². The molecule has 0 amide bonds. The zero-order valence-electron chi connectivity index (χ0n) is 36.0. The predicted octanol–water partition coefficient (Wildman–Crippen LogP) is -0.931. The number of fused-ring (bicyclic) bond motifs is 10. The minimum Gasteiger partial charge on any atom is -0.315 e. The Labute approximate surface area is 379 Å². The molecule has 0 saturated carbocycles. The fourth-order valence-electron chi connectivity index (χ4n) is 9.62. The molecule has 6 aliphatic heterocycles. The lowest BCUT2D eigenvalue weighted by Crippen LogP contribution is -2.84. The van der Waals surface area contributed by atoms with E-state index >= 15 is 0 Å². The Kier molecular flexibility index (Phi) is 12.7. The largest absolute Gasteiger partial charge is 0.315 e. The molecule has 6 fully saturated rings. The first kappa shape index (κ1) is 42.2. The number of benzene rings is 5. The number of para-hydroxylation sites is 5. The van der Waals surface area contributed by atoms with Crippen molar-refractivity contribution in [2.24, 2.45) is 0 Å². The molecular weight excluding hydrogens is 821 g/mol. The number of hydrogen-bond acceptors (Lipinski definition) is 20. The van der Waals surface area contributed by atoms with Crippen molar-refractivity contribution in [3.8, 4) is 0 Å². The summed E-state index contributed by atoms with van der Waals surface area (Å²) in [5.74, 6) is 0. The molecule has 0 radical (unpaired) electrons. The van der Waals surface area contributed by atoms with Crippen LogP contribution in [0.1, 0.15) is 0 Å². The lowest BCUT2D eigenvalue weighted by Gasteiger charge is -2.55. The molecule has 5 aromatic rings. The second-order valence-electron chi connectivity index (χ2n) is 16.5. The second-order valence-corrected chi connectivity index (χ2v) is 16.5. The molecule has 10 unspecified atom stereocenters. The molecule has 20 heteroatoms. The highest BCUT2D eigenvalue weighted by Crippen LogP contribution is 2.27. The summed E-state index contributed by atoms with van der Waals surface area (Å²) in [5.41, 5.74) is 5.19. The first-order valence-electron chi connectivity index (χ1n) is 22.6. The number of hydrogen-bond donors (Lipinski definition) is 15. The maximum atomic E-state index is 3.99. The molecule has 20 nitrogen and oxygen atoms in total. The van der Waals surface area contributed by atoms with Gasteiger partial charge in [0.1, 0.15) is 62.9 Å². The van der Waals surface area contributed by atoms with Crippen LogP contribution in [0.2, 0.25) is 0 Å². The van der Waals surface area contributed by atoms with Gasteiger partial charge < -0.3 is 24.5 Å². The maximum Gasteiger partial charge on any atom is 0.140 e. The lowest BCUT2D eigenvalue weighted by molar-refractivity contribution is 0.135. The minimum atomic E-state index is -0.327. The molecule has 6 heterocycles. The number of nitrogens with one attached hydrogen (secondary N) is 15. The van der Waals surface area contributed by atoms with E-state index in [-0.39, 0.29) is 62.9 Å². The summed E-state index contributed by atoms with van der Waals surface area (Å²) in [4.78, 5) is 11.8. The zero-order chi connectivity index (χ0) is 43.4. The Morgan fingerprint density at radius 1 is 0.215 bits per heavy atom. The van der Waals surface area contributed by atoms with Crippen molar-refractivity contribution >= 4 is 28.4 Å². The smallest absolute Gasteiger partial charge is 0.140 e. The highest BCUT2D eigenvalue weighted by atomic mass is 15.7. The van der Waals surface area contributed by atoms with Crippen LogP contribution in [-0.2, 0) is 0 Å². The fraction of sp³-hybridized carbons (Fsp3) is 0.333. The number of anilines is 5. The van der Waals surface area contributed by atoms with Crippen LogP contribution in [0, 0.1) is 0 Å². The van der Waals surface area contributed by atoms with Crippen molar-refractivity contribution < 1.29 is 0 Å². The second kappa shape index (κ2) is 19.5. The third-order valence-corrected chi connectivity index (χ3v) is 12.6. The average molecular weight is 881 g/mol. The maximum absolute atomic E-state index is 3.99. The van der Waals surface area contributed by atoms with Crippen LogP contribution < -0.4 is 104 Å². The van der Waals surface area contributed by atoms with Gasteiger partial charge in [0.25, 0.3) is 0 Å². The third kappa shape index (κ3) is 8.94. The van der Waals surface area contributed by atoms with Crippen molar-refractivity contribution in [2.75, 3.05) is 57.8 Å². The topological polar surface area (TPSA) is 197 Å². The van der Waals surface area contributed by atoms with E-state index in [1.165, 1.54) is 0 Å². The van der Waals surface area contributed by atoms with Crippen LogP contribution in [0.5, 0.6) is 0 Å². The molecule has 5 aromatic carbocycles. The van der Waals surface area contributed by atoms with E-state index in [0.29, 0.717) is 33.3 Å². The van der Waals surface area contributed by atoms with E-state index < -0.39 is 0 Å². The molecule has 0 aromatic heterocycles. The Balaban J connectivity index is 1.04. The summed E-state index contributed by atoms with van der Waals surface area (Å²) in [6.45, 7) is 2.69. The van der Waals surface area contributed by atoms with Crippen molar-refractivity contribution in [2.45, 2.75) is 62.9 Å². The molecule has 10 bridgehead atoms. The normalized spacial score (nSPS) is 31.2. The molecule has 0 aliphatic carbocycles. The molecule has 11 rings (SSSR count). The Morgan fingerprint density at radius 2 is 0.354 bits per heavy atom. The molecule has 6 aliphatic rings. The quantitative estimate of drug-likeness (QED) is 0.103. The fourth-order valence-corrected chi connectivity index (χ4v) is 9.62. The summed E-state index contributed by atoms with van der Waals surface area (Å²) in [7, 11) is 0. The van der Waals surface area contributed by atoms with Gasteiger partial charge in [0.05, 0.1) is 33.3 Å². The molecule has 15 N–H and O–H groups in total. The van der Waals surface area contributed by atoms with Crippen LogP contribution in [-0.4, -0.2) is 96.2 Å². The van der Waals surface area contributed by atoms with Gasteiger partial charge in [-0.2, -0.15) is 0 Å². The van der Waals surface area contributed by atoms with Crippen LogP contribution in [0.25, 0.3) is 0 Å².